The number of halogens is 1. The molecule has 35 heavy (non-hydrogen) atoms. The van der Waals surface area contributed by atoms with Gasteiger partial charge in [0, 0.05) is 11.8 Å². The highest BCUT2D eigenvalue weighted by Gasteiger charge is 2.54. The van der Waals surface area contributed by atoms with E-state index in [0.717, 1.165) is 0 Å². The van der Waals surface area contributed by atoms with Crippen LogP contribution in [0.3, 0.4) is 0 Å². The Morgan fingerprint density at radius 3 is 2.37 bits per heavy atom. The fourth-order valence-corrected chi connectivity index (χ4v) is 3.52. The summed E-state index contributed by atoms with van der Waals surface area (Å²) in [6.45, 7) is 4.61. The maximum absolute atomic E-state index is 13.6. The van der Waals surface area contributed by atoms with Gasteiger partial charge in [0.1, 0.15) is 11.2 Å². The minimum Gasteiger partial charge on any atom is -0.462 e. The standard InChI is InChI=1S/C23H25FN6O5/c1-12(2)35-20(32)22(3)10-33-23(18(25)31,34-11-22)19-29-16(13-4-6-14(24)7-5-13)17(30-19)15-8-9-27-21(26)28-15/h4-9,12H,10-11H2,1-3H3,(H2,25,31)(H,29,30)(H2,26,27,28). The summed E-state index contributed by atoms with van der Waals surface area (Å²) in [6.07, 6.45) is 1.11. The molecule has 1 aromatic carbocycles. The van der Waals surface area contributed by atoms with Crippen LogP contribution >= 0.6 is 0 Å². The van der Waals surface area contributed by atoms with E-state index >= 15 is 0 Å². The molecule has 184 valence electrons. The molecule has 1 fully saturated rings. The van der Waals surface area contributed by atoms with Crippen LogP contribution in [0.4, 0.5) is 10.3 Å². The van der Waals surface area contributed by atoms with Crippen LogP contribution in [0.15, 0.2) is 36.5 Å². The molecule has 1 amide bonds. The zero-order valence-electron chi connectivity index (χ0n) is 19.4. The van der Waals surface area contributed by atoms with E-state index in [1.165, 1.54) is 30.5 Å². The summed E-state index contributed by atoms with van der Waals surface area (Å²) in [7, 11) is 0. The third kappa shape index (κ3) is 4.57. The minimum atomic E-state index is -2.12. The van der Waals surface area contributed by atoms with Crippen molar-refractivity contribution in [2.24, 2.45) is 11.1 Å². The fraction of sp³-hybridized carbons (Fsp3) is 0.348. The first-order valence-corrected chi connectivity index (χ1v) is 10.8. The molecule has 3 aromatic rings. The number of imidazole rings is 1. The predicted octanol–water partition coefficient (Wildman–Crippen LogP) is 1.90. The van der Waals surface area contributed by atoms with Gasteiger partial charge >= 0.3 is 11.8 Å². The van der Waals surface area contributed by atoms with E-state index < -0.39 is 28.9 Å². The first kappa shape index (κ1) is 24.2. The number of benzene rings is 1. The van der Waals surface area contributed by atoms with Crippen molar-refractivity contribution in [3.8, 4) is 22.6 Å². The van der Waals surface area contributed by atoms with Crippen molar-refractivity contribution in [1.29, 1.82) is 0 Å². The number of nitrogens with zero attached hydrogens (tertiary/aromatic N) is 3. The Morgan fingerprint density at radius 2 is 1.80 bits per heavy atom. The van der Waals surface area contributed by atoms with E-state index in [4.69, 9.17) is 25.7 Å². The summed E-state index contributed by atoms with van der Waals surface area (Å²) in [4.78, 5) is 40.8. The third-order valence-corrected chi connectivity index (χ3v) is 5.41. The smallest absolute Gasteiger partial charge is 0.316 e. The lowest BCUT2D eigenvalue weighted by Gasteiger charge is -2.40. The number of esters is 1. The van der Waals surface area contributed by atoms with Crippen LogP contribution in [0.25, 0.3) is 22.6 Å². The average Bonchev–Trinajstić information content (AvgIpc) is 3.25. The number of hydrogen-bond donors (Lipinski definition) is 3. The van der Waals surface area contributed by atoms with E-state index in [1.807, 2.05) is 0 Å². The summed E-state index contributed by atoms with van der Waals surface area (Å²) >= 11 is 0. The molecular formula is C23H25FN6O5. The number of aromatic nitrogens is 4. The van der Waals surface area contributed by atoms with Crippen molar-refractivity contribution < 1.29 is 28.2 Å². The summed E-state index contributed by atoms with van der Waals surface area (Å²) in [5, 5.41) is 0. The van der Waals surface area contributed by atoms with Gasteiger partial charge in [-0.25, -0.2) is 19.3 Å². The molecule has 1 aliphatic rings. The lowest BCUT2D eigenvalue weighted by Crippen LogP contribution is -2.56. The van der Waals surface area contributed by atoms with Crippen LogP contribution in [0, 0.1) is 11.2 Å². The normalized spacial score (nSPS) is 22.2. The zero-order valence-corrected chi connectivity index (χ0v) is 19.4. The Morgan fingerprint density at radius 1 is 1.14 bits per heavy atom. The van der Waals surface area contributed by atoms with Crippen LogP contribution in [-0.4, -0.2) is 51.1 Å². The second-order valence-corrected chi connectivity index (χ2v) is 8.69. The Balaban J connectivity index is 1.78. The van der Waals surface area contributed by atoms with Gasteiger partial charge < -0.3 is 30.7 Å². The number of aromatic amines is 1. The molecule has 1 aliphatic heterocycles. The average molecular weight is 484 g/mol. The molecule has 0 atom stereocenters. The molecule has 3 heterocycles. The van der Waals surface area contributed by atoms with Crippen LogP contribution in [0.5, 0.6) is 0 Å². The number of hydrogen-bond acceptors (Lipinski definition) is 9. The Bertz CT molecular complexity index is 1250. The molecule has 0 radical (unpaired) electrons. The molecule has 12 heteroatoms. The number of carbonyl (C=O) groups excluding carboxylic acids is 2. The van der Waals surface area contributed by atoms with Gasteiger partial charge in [-0.05, 0) is 51.1 Å². The van der Waals surface area contributed by atoms with Crippen LogP contribution < -0.4 is 11.5 Å². The van der Waals surface area contributed by atoms with E-state index in [9.17, 15) is 14.0 Å². The van der Waals surface area contributed by atoms with Gasteiger partial charge in [0.05, 0.1) is 36.4 Å². The van der Waals surface area contributed by atoms with Gasteiger partial charge in [-0.1, -0.05) is 0 Å². The highest BCUT2D eigenvalue weighted by Crippen LogP contribution is 2.39. The number of rotatable bonds is 6. The SMILES string of the molecule is CC(C)OC(=O)C1(C)COC(C(N)=O)(c2nc(-c3ccc(F)cc3)c(-c3ccnc(N)n3)[nH]2)OC1. The second-order valence-electron chi connectivity index (χ2n) is 8.69. The molecule has 2 aromatic heterocycles. The van der Waals surface area contributed by atoms with E-state index in [0.29, 0.717) is 22.6 Å². The molecule has 5 N–H and O–H groups in total. The summed E-state index contributed by atoms with van der Waals surface area (Å²) < 4.78 is 30.5. The maximum atomic E-state index is 13.6. The first-order valence-electron chi connectivity index (χ1n) is 10.8. The number of carbonyl (C=O) groups is 2. The molecule has 0 saturated carbocycles. The van der Waals surface area contributed by atoms with E-state index in [1.54, 1.807) is 26.8 Å². The number of amides is 1. The largest absolute Gasteiger partial charge is 0.462 e. The lowest BCUT2D eigenvalue weighted by atomic mass is 9.91. The number of anilines is 1. The van der Waals surface area contributed by atoms with E-state index in [-0.39, 0.29) is 31.1 Å². The number of nitrogen functional groups attached to an aromatic ring is 1. The van der Waals surface area contributed by atoms with E-state index in [2.05, 4.69) is 19.9 Å². The van der Waals surface area contributed by atoms with Gasteiger partial charge in [0.2, 0.25) is 5.95 Å². The highest BCUT2D eigenvalue weighted by atomic mass is 19.1. The summed E-state index contributed by atoms with van der Waals surface area (Å²) in [5.41, 5.74) is 11.8. The molecule has 0 bridgehead atoms. The topological polar surface area (TPSA) is 168 Å². The summed E-state index contributed by atoms with van der Waals surface area (Å²) in [5.74, 6) is -4.13. The molecular weight excluding hydrogens is 459 g/mol. The van der Waals surface area contributed by atoms with Gasteiger partial charge in [0.15, 0.2) is 5.82 Å². The molecule has 11 nitrogen and oxygen atoms in total. The van der Waals surface area contributed by atoms with Gasteiger partial charge in [0.25, 0.3) is 5.91 Å². The van der Waals surface area contributed by atoms with Crippen LogP contribution in [-0.2, 0) is 29.6 Å². The van der Waals surface area contributed by atoms with Gasteiger partial charge in [-0.15, -0.1) is 0 Å². The Hall–Kier alpha value is -3.90. The summed E-state index contributed by atoms with van der Waals surface area (Å²) in [6, 6.07) is 7.15. The molecule has 0 unspecified atom stereocenters. The second kappa shape index (κ2) is 9.04. The highest BCUT2D eigenvalue weighted by molar-refractivity contribution is 5.85. The van der Waals surface area contributed by atoms with Gasteiger partial charge in [-0.3, -0.25) is 9.59 Å². The van der Waals surface area contributed by atoms with Crippen molar-refractivity contribution in [2.45, 2.75) is 32.7 Å². The maximum Gasteiger partial charge on any atom is 0.316 e. The number of primary amides is 1. The number of H-pyrrole nitrogens is 1. The van der Waals surface area contributed by atoms with Crippen molar-refractivity contribution in [3.05, 3.63) is 48.2 Å². The lowest BCUT2D eigenvalue weighted by molar-refractivity contribution is -0.294. The molecule has 0 aliphatic carbocycles. The number of nitrogens with one attached hydrogen (secondary N) is 1. The van der Waals surface area contributed by atoms with Crippen LogP contribution in [0.2, 0.25) is 0 Å². The van der Waals surface area contributed by atoms with Crippen molar-refractivity contribution >= 4 is 17.8 Å². The monoisotopic (exact) mass is 484 g/mol. The first-order chi connectivity index (χ1) is 16.5. The minimum absolute atomic E-state index is 0.0120. The third-order valence-electron chi connectivity index (χ3n) is 5.41. The molecule has 1 saturated heterocycles. The predicted molar refractivity (Wildman–Crippen MR) is 122 cm³/mol. The molecule has 4 rings (SSSR count). The van der Waals surface area contributed by atoms with Crippen LogP contribution in [0.1, 0.15) is 26.6 Å². The number of nitrogens with two attached hydrogens (primary N) is 2. The van der Waals surface area contributed by atoms with Gasteiger partial charge in [-0.2, -0.15) is 0 Å². The van der Waals surface area contributed by atoms with Crippen molar-refractivity contribution in [1.82, 2.24) is 19.9 Å². The number of ether oxygens (including phenoxy) is 3. The van der Waals surface area contributed by atoms with Crippen molar-refractivity contribution in [2.75, 3.05) is 18.9 Å². The Labute approximate surface area is 200 Å². The zero-order chi connectivity index (χ0) is 25.4. The van der Waals surface area contributed by atoms with Crippen molar-refractivity contribution in [3.63, 3.8) is 0 Å². The fourth-order valence-electron chi connectivity index (χ4n) is 3.52. The Kier molecular flexibility index (Phi) is 6.26. The molecule has 0 spiro atoms. The quantitative estimate of drug-likeness (QED) is 0.442.